The lowest BCUT2D eigenvalue weighted by molar-refractivity contribution is -0.915. The zero-order chi connectivity index (χ0) is 16.6. The Morgan fingerprint density at radius 2 is 1.74 bits per heavy atom. The maximum absolute atomic E-state index is 13.0. The van der Waals surface area contributed by atoms with Crippen LogP contribution in [0.3, 0.4) is 0 Å². The second kappa shape index (κ2) is 6.28. The van der Waals surface area contributed by atoms with Crippen LogP contribution >= 0.6 is 0 Å². The van der Waals surface area contributed by atoms with Gasteiger partial charge in [0.1, 0.15) is 5.82 Å². The average Bonchev–Trinajstić information content (AvgIpc) is 2.83. The van der Waals surface area contributed by atoms with E-state index in [1.165, 1.54) is 21.9 Å². The van der Waals surface area contributed by atoms with E-state index in [0.717, 1.165) is 31.9 Å². The molecule has 0 radical (unpaired) electrons. The van der Waals surface area contributed by atoms with Gasteiger partial charge >= 0.3 is 0 Å². The Morgan fingerprint density at radius 3 is 2.26 bits per heavy atom. The molecule has 23 heavy (non-hydrogen) atoms. The van der Waals surface area contributed by atoms with E-state index in [4.69, 9.17) is 0 Å². The molecule has 0 unspecified atom stereocenters. The van der Waals surface area contributed by atoms with Gasteiger partial charge in [0.05, 0.1) is 32.6 Å². The predicted octanol–water partition coefficient (Wildman–Crippen LogP) is 0.0665. The van der Waals surface area contributed by atoms with Gasteiger partial charge in [-0.1, -0.05) is 0 Å². The topological polar surface area (TPSA) is 45.1 Å². The summed E-state index contributed by atoms with van der Waals surface area (Å²) in [6, 6.07) is 6.19. The van der Waals surface area contributed by atoms with Gasteiger partial charge in [0, 0.05) is 11.7 Å². The first-order valence-electron chi connectivity index (χ1n) is 8.18. The number of nitrogens with zero attached hydrogens (tertiary/aromatic N) is 2. The first kappa shape index (κ1) is 15.9. The molecule has 3 rings (SSSR count). The number of likely N-dealkylation sites (tertiary alicyclic amines) is 1. The molecule has 2 fully saturated rings. The van der Waals surface area contributed by atoms with Gasteiger partial charge in [-0.2, -0.15) is 0 Å². The molecule has 124 valence electrons. The van der Waals surface area contributed by atoms with Crippen molar-refractivity contribution in [2.24, 2.45) is 0 Å². The van der Waals surface area contributed by atoms with E-state index in [1.54, 1.807) is 12.1 Å². The van der Waals surface area contributed by atoms with Gasteiger partial charge in [-0.05, 0) is 38.1 Å². The lowest BCUT2D eigenvalue weighted by Gasteiger charge is -2.35. The minimum Gasteiger partial charge on any atom is -0.360 e. The Balaban J connectivity index is 1.62. The van der Waals surface area contributed by atoms with Crippen LogP contribution in [0.5, 0.6) is 0 Å². The van der Waals surface area contributed by atoms with Gasteiger partial charge in [0.25, 0.3) is 5.91 Å². The molecule has 6 heteroatoms. The lowest BCUT2D eigenvalue weighted by Crippen LogP contribution is -3.19. The Kier molecular flexibility index (Phi) is 4.35. The summed E-state index contributed by atoms with van der Waals surface area (Å²) in [5.41, 5.74) is 1.00. The Labute approximate surface area is 135 Å². The van der Waals surface area contributed by atoms with Crippen molar-refractivity contribution < 1.29 is 18.9 Å². The minimum absolute atomic E-state index is 0.0322. The second-order valence-corrected chi connectivity index (χ2v) is 6.57. The summed E-state index contributed by atoms with van der Waals surface area (Å²) >= 11 is 0. The molecule has 0 spiro atoms. The number of carbonyl (C=O) groups excluding carboxylic acids is 2. The molecule has 0 aliphatic carbocycles. The molecule has 2 aliphatic heterocycles. The molecule has 2 saturated heterocycles. The van der Waals surface area contributed by atoms with Crippen molar-refractivity contribution in [3.8, 4) is 0 Å². The summed E-state index contributed by atoms with van der Waals surface area (Å²) in [7, 11) is 0. The van der Waals surface area contributed by atoms with Crippen LogP contribution in [0.4, 0.5) is 10.1 Å². The van der Waals surface area contributed by atoms with E-state index in [-0.39, 0.29) is 29.7 Å². The zero-order valence-electron chi connectivity index (χ0n) is 13.6. The fourth-order valence-electron chi connectivity index (χ4n) is 3.57. The van der Waals surface area contributed by atoms with Crippen LogP contribution in [0.25, 0.3) is 0 Å². The van der Waals surface area contributed by atoms with Crippen LogP contribution in [0, 0.1) is 5.82 Å². The molecule has 2 aliphatic rings. The summed E-state index contributed by atoms with van der Waals surface area (Å²) in [5, 5.41) is 0. The molecule has 1 N–H and O–H groups in total. The SMILES string of the molecule is CC(C)N1C(=O)C[C@H]([NH+]2CCN(c3ccc(F)cc3)CC2)C1=O. The molecule has 1 atom stereocenters. The fourth-order valence-corrected chi connectivity index (χ4v) is 3.57. The minimum atomic E-state index is -0.236. The molecular formula is C17H23FN3O2+. The number of carbonyl (C=O) groups is 2. The summed E-state index contributed by atoms with van der Waals surface area (Å²) in [6.45, 7) is 6.99. The van der Waals surface area contributed by atoms with Crippen molar-refractivity contribution in [3.63, 3.8) is 0 Å². The fraction of sp³-hybridized carbons (Fsp3) is 0.529. The third-order valence-electron chi connectivity index (χ3n) is 4.79. The number of rotatable bonds is 3. The van der Waals surface area contributed by atoms with E-state index in [0.29, 0.717) is 6.42 Å². The quantitative estimate of drug-likeness (QED) is 0.802. The van der Waals surface area contributed by atoms with Gasteiger partial charge in [-0.3, -0.25) is 14.5 Å². The molecule has 2 heterocycles. The van der Waals surface area contributed by atoms with E-state index < -0.39 is 0 Å². The molecule has 0 saturated carbocycles. The van der Waals surface area contributed by atoms with Gasteiger partial charge in [-0.15, -0.1) is 0 Å². The van der Waals surface area contributed by atoms with Crippen LogP contribution in [0.1, 0.15) is 20.3 Å². The maximum atomic E-state index is 13.0. The highest BCUT2D eigenvalue weighted by molar-refractivity contribution is 6.05. The Bertz CT molecular complexity index is 594. The molecule has 0 aromatic heterocycles. The summed E-state index contributed by atoms with van der Waals surface area (Å²) in [5.74, 6) is -0.319. The van der Waals surface area contributed by atoms with E-state index in [2.05, 4.69) is 4.90 Å². The van der Waals surface area contributed by atoms with Crippen molar-refractivity contribution >= 4 is 17.5 Å². The molecule has 1 aromatic carbocycles. The molecular weight excluding hydrogens is 297 g/mol. The van der Waals surface area contributed by atoms with Crippen LogP contribution < -0.4 is 9.80 Å². The van der Waals surface area contributed by atoms with Crippen molar-refractivity contribution in [2.45, 2.75) is 32.4 Å². The number of anilines is 1. The number of benzene rings is 1. The normalized spacial score (nSPS) is 23.2. The number of amides is 2. The maximum Gasteiger partial charge on any atom is 0.288 e. The number of hydrogen-bond donors (Lipinski definition) is 1. The average molecular weight is 320 g/mol. The van der Waals surface area contributed by atoms with Crippen LogP contribution in [-0.4, -0.2) is 55.0 Å². The Hall–Kier alpha value is -1.95. The third kappa shape index (κ3) is 3.08. The van der Waals surface area contributed by atoms with Gasteiger partial charge < -0.3 is 9.80 Å². The van der Waals surface area contributed by atoms with Crippen molar-refractivity contribution in [1.29, 1.82) is 0 Å². The zero-order valence-corrected chi connectivity index (χ0v) is 13.6. The molecule has 0 bridgehead atoms. The third-order valence-corrected chi connectivity index (χ3v) is 4.79. The smallest absolute Gasteiger partial charge is 0.288 e. The summed E-state index contributed by atoms with van der Waals surface area (Å²) in [6.07, 6.45) is 0.322. The number of imide groups is 1. The van der Waals surface area contributed by atoms with Crippen LogP contribution in [0.2, 0.25) is 0 Å². The summed E-state index contributed by atoms with van der Waals surface area (Å²) in [4.78, 5) is 29.3. The first-order chi connectivity index (χ1) is 11.0. The number of piperazine rings is 1. The summed E-state index contributed by atoms with van der Waals surface area (Å²) < 4.78 is 13.0. The number of halogens is 1. The predicted molar refractivity (Wildman–Crippen MR) is 84.7 cm³/mol. The highest BCUT2D eigenvalue weighted by Crippen LogP contribution is 2.17. The van der Waals surface area contributed by atoms with Gasteiger partial charge in [0.2, 0.25) is 5.91 Å². The monoisotopic (exact) mass is 320 g/mol. The molecule has 2 amide bonds. The lowest BCUT2D eigenvalue weighted by atomic mass is 10.1. The van der Waals surface area contributed by atoms with Gasteiger partial charge in [-0.25, -0.2) is 4.39 Å². The number of nitrogens with one attached hydrogen (secondary N) is 1. The van der Waals surface area contributed by atoms with Gasteiger partial charge in [0.15, 0.2) is 6.04 Å². The molecule has 1 aromatic rings. The Morgan fingerprint density at radius 1 is 1.13 bits per heavy atom. The van der Waals surface area contributed by atoms with E-state index in [9.17, 15) is 14.0 Å². The van der Waals surface area contributed by atoms with Crippen LogP contribution in [-0.2, 0) is 9.59 Å². The van der Waals surface area contributed by atoms with E-state index in [1.807, 2.05) is 13.8 Å². The number of quaternary nitrogens is 1. The standard InChI is InChI=1S/C17H22FN3O2/c1-12(2)21-16(22)11-15(17(21)23)20-9-7-19(8-10-20)14-5-3-13(18)4-6-14/h3-6,12,15H,7-11H2,1-2H3/p+1/t15-/m0/s1. The molecule has 5 nitrogen and oxygen atoms in total. The van der Waals surface area contributed by atoms with Crippen molar-refractivity contribution in [3.05, 3.63) is 30.1 Å². The van der Waals surface area contributed by atoms with E-state index >= 15 is 0 Å². The number of hydrogen-bond acceptors (Lipinski definition) is 3. The van der Waals surface area contributed by atoms with Crippen molar-refractivity contribution in [1.82, 2.24) is 4.90 Å². The second-order valence-electron chi connectivity index (χ2n) is 6.57. The first-order valence-corrected chi connectivity index (χ1v) is 8.18. The highest BCUT2D eigenvalue weighted by atomic mass is 19.1. The van der Waals surface area contributed by atoms with Crippen LogP contribution in [0.15, 0.2) is 24.3 Å². The highest BCUT2D eigenvalue weighted by Gasteiger charge is 2.46. The van der Waals surface area contributed by atoms with Crippen molar-refractivity contribution in [2.75, 3.05) is 31.1 Å². The largest absolute Gasteiger partial charge is 0.360 e.